The Morgan fingerprint density at radius 3 is 2.64 bits per heavy atom. The molecule has 1 nitrogen and oxygen atoms in total. The highest BCUT2D eigenvalue weighted by atomic mass is 32.1. The van der Waals surface area contributed by atoms with E-state index in [1.165, 1.54) is 36.2 Å². The van der Waals surface area contributed by atoms with E-state index in [0.29, 0.717) is 0 Å². The molecule has 0 fully saturated rings. The van der Waals surface area contributed by atoms with Crippen molar-refractivity contribution in [1.29, 1.82) is 0 Å². The fourth-order valence-electron chi connectivity index (χ4n) is 1.65. The molecule has 80 valence electrons. The quantitative estimate of drug-likeness (QED) is 0.712. The Morgan fingerprint density at radius 1 is 1.29 bits per heavy atom. The Bertz CT molecular complexity index is 265. The van der Waals surface area contributed by atoms with Crippen LogP contribution in [0, 0.1) is 13.8 Å². The zero-order valence-electron chi connectivity index (χ0n) is 9.52. The van der Waals surface area contributed by atoms with Crippen LogP contribution in [0.4, 0.5) is 0 Å². The van der Waals surface area contributed by atoms with Gasteiger partial charge in [0.05, 0.1) is 0 Å². The highest BCUT2D eigenvalue weighted by Crippen LogP contribution is 2.22. The van der Waals surface area contributed by atoms with E-state index in [1.54, 1.807) is 4.88 Å². The van der Waals surface area contributed by atoms with Gasteiger partial charge < -0.3 is 5.32 Å². The molecule has 2 heteroatoms. The van der Waals surface area contributed by atoms with E-state index < -0.39 is 0 Å². The number of hydrogen-bond acceptors (Lipinski definition) is 2. The molecule has 0 unspecified atom stereocenters. The van der Waals surface area contributed by atoms with E-state index in [4.69, 9.17) is 0 Å². The van der Waals surface area contributed by atoms with E-state index in [2.05, 4.69) is 32.2 Å². The van der Waals surface area contributed by atoms with Crippen molar-refractivity contribution < 1.29 is 0 Å². The third-order valence-corrected chi connectivity index (χ3v) is 3.61. The third kappa shape index (κ3) is 3.81. The molecule has 1 aromatic heterocycles. The van der Waals surface area contributed by atoms with Gasteiger partial charge in [-0.15, -0.1) is 11.3 Å². The number of aryl methyl sites for hydroxylation is 3. The first-order valence-corrected chi connectivity index (χ1v) is 6.32. The van der Waals surface area contributed by atoms with E-state index in [0.717, 1.165) is 6.54 Å². The van der Waals surface area contributed by atoms with Gasteiger partial charge in [0.1, 0.15) is 0 Å². The first-order chi connectivity index (χ1) is 6.74. The zero-order valence-corrected chi connectivity index (χ0v) is 10.3. The molecule has 0 aliphatic carbocycles. The van der Waals surface area contributed by atoms with Gasteiger partial charge in [0.2, 0.25) is 0 Å². The summed E-state index contributed by atoms with van der Waals surface area (Å²) in [6, 6.07) is 2.30. The molecule has 0 saturated carbocycles. The second-order valence-electron chi connectivity index (χ2n) is 3.77. The summed E-state index contributed by atoms with van der Waals surface area (Å²) in [6.07, 6.45) is 3.87. The van der Waals surface area contributed by atoms with E-state index >= 15 is 0 Å². The Hall–Kier alpha value is -0.340. The second-order valence-corrected chi connectivity index (χ2v) is 5.11. The van der Waals surface area contributed by atoms with Crippen molar-refractivity contribution in [3.8, 4) is 0 Å². The molecule has 1 heterocycles. The predicted octanol–water partition coefficient (Wildman–Crippen LogP) is 3.30. The summed E-state index contributed by atoms with van der Waals surface area (Å²) in [5.74, 6) is 0. The van der Waals surface area contributed by atoms with Crippen LogP contribution >= 0.6 is 11.3 Å². The minimum atomic E-state index is 1.09. The third-order valence-electron chi connectivity index (χ3n) is 2.40. The molecule has 1 N–H and O–H groups in total. The second kappa shape index (κ2) is 6.20. The molecular weight excluding hydrogens is 190 g/mol. The topological polar surface area (TPSA) is 12.0 Å². The van der Waals surface area contributed by atoms with Crippen molar-refractivity contribution in [2.75, 3.05) is 13.1 Å². The van der Waals surface area contributed by atoms with Crippen LogP contribution in [0.25, 0.3) is 0 Å². The number of thiophene rings is 1. The monoisotopic (exact) mass is 211 g/mol. The van der Waals surface area contributed by atoms with Gasteiger partial charge in [0.15, 0.2) is 0 Å². The molecular formula is C12H21NS. The van der Waals surface area contributed by atoms with Gasteiger partial charge in [0, 0.05) is 9.75 Å². The Morgan fingerprint density at radius 2 is 2.07 bits per heavy atom. The molecule has 0 aromatic carbocycles. The minimum absolute atomic E-state index is 1.09. The predicted molar refractivity (Wildman–Crippen MR) is 65.3 cm³/mol. The van der Waals surface area contributed by atoms with E-state index in [9.17, 15) is 0 Å². The summed E-state index contributed by atoms with van der Waals surface area (Å²) in [5.41, 5.74) is 1.48. The lowest BCUT2D eigenvalue weighted by molar-refractivity contribution is 0.642. The van der Waals surface area contributed by atoms with Gasteiger partial charge in [0.25, 0.3) is 0 Å². The molecule has 0 spiro atoms. The first kappa shape index (κ1) is 11.7. The van der Waals surface area contributed by atoms with Crippen LogP contribution in [0.5, 0.6) is 0 Å². The highest BCUT2D eigenvalue weighted by molar-refractivity contribution is 7.12. The molecule has 0 amide bonds. The minimum Gasteiger partial charge on any atom is -0.317 e. The van der Waals surface area contributed by atoms with Gasteiger partial charge >= 0.3 is 0 Å². The molecule has 1 aromatic rings. The molecule has 0 atom stereocenters. The molecule has 0 aliphatic heterocycles. The standard InChI is InChI=1S/C12H21NS/c1-4-13-8-6-5-7-12-10(2)9-11(3)14-12/h9,13H,4-8H2,1-3H3. The van der Waals surface area contributed by atoms with Crippen molar-refractivity contribution in [3.63, 3.8) is 0 Å². The maximum absolute atomic E-state index is 3.36. The maximum atomic E-state index is 3.36. The van der Waals surface area contributed by atoms with Crippen molar-refractivity contribution in [1.82, 2.24) is 5.32 Å². The van der Waals surface area contributed by atoms with Crippen molar-refractivity contribution >= 4 is 11.3 Å². The average molecular weight is 211 g/mol. The maximum Gasteiger partial charge on any atom is 0.00772 e. The summed E-state index contributed by atoms with van der Waals surface area (Å²) >= 11 is 1.96. The van der Waals surface area contributed by atoms with Crippen molar-refractivity contribution in [2.45, 2.75) is 40.0 Å². The Labute approximate surface area is 91.5 Å². The van der Waals surface area contributed by atoms with Crippen molar-refractivity contribution in [2.24, 2.45) is 0 Å². The Balaban J connectivity index is 2.21. The summed E-state index contributed by atoms with van der Waals surface area (Å²) in [4.78, 5) is 3.03. The lowest BCUT2D eigenvalue weighted by Gasteiger charge is -2.01. The van der Waals surface area contributed by atoms with Crippen LogP contribution in [0.1, 0.15) is 35.1 Å². The number of unbranched alkanes of at least 4 members (excludes halogenated alkanes) is 1. The molecule has 0 bridgehead atoms. The molecule has 1 rings (SSSR count). The summed E-state index contributed by atoms with van der Waals surface area (Å²) in [6.45, 7) is 8.84. The van der Waals surface area contributed by atoms with Crippen LogP contribution < -0.4 is 5.32 Å². The molecule has 14 heavy (non-hydrogen) atoms. The number of rotatable bonds is 6. The summed E-state index contributed by atoms with van der Waals surface area (Å²) < 4.78 is 0. The van der Waals surface area contributed by atoms with Crippen LogP contribution in [0.15, 0.2) is 6.07 Å². The smallest absolute Gasteiger partial charge is 0.00772 e. The van der Waals surface area contributed by atoms with Gasteiger partial charge in [-0.05, 0) is 57.8 Å². The van der Waals surface area contributed by atoms with Crippen LogP contribution in [0.3, 0.4) is 0 Å². The van der Waals surface area contributed by atoms with Crippen LogP contribution in [-0.2, 0) is 6.42 Å². The van der Waals surface area contributed by atoms with E-state index in [1.807, 2.05) is 11.3 Å². The molecule has 0 saturated heterocycles. The van der Waals surface area contributed by atoms with Gasteiger partial charge in [-0.2, -0.15) is 0 Å². The van der Waals surface area contributed by atoms with Crippen molar-refractivity contribution in [3.05, 3.63) is 21.4 Å². The fraction of sp³-hybridized carbons (Fsp3) is 0.667. The Kier molecular flexibility index (Phi) is 5.20. The average Bonchev–Trinajstić information content (AvgIpc) is 2.45. The van der Waals surface area contributed by atoms with Crippen LogP contribution in [0.2, 0.25) is 0 Å². The normalized spacial score (nSPS) is 10.8. The largest absolute Gasteiger partial charge is 0.317 e. The van der Waals surface area contributed by atoms with E-state index in [-0.39, 0.29) is 0 Å². The highest BCUT2D eigenvalue weighted by Gasteiger charge is 2.01. The summed E-state index contributed by atoms with van der Waals surface area (Å²) in [5, 5.41) is 3.36. The summed E-state index contributed by atoms with van der Waals surface area (Å²) in [7, 11) is 0. The molecule has 0 radical (unpaired) electrons. The van der Waals surface area contributed by atoms with Gasteiger partial charge in [-0.3, -0.25) is 0 Å². The fourth-order valence-corrected chi connectivity index (χ4v) is 2.74. The lowest BCUT2D eigenvalue weighted by atomic mass is 10.1. The SMILES string of the molecule is CCNCCCCc1sc(C)cc1C. The zero-order chi connectivity index (χ0) is 10.4. The first-order valence-electron chi connectivity index (χ1n) is 5.50. The molecule has 0 aliphatic rings. The van der Waals surface area contributed by atoms with Crippen LogP contribution in [-0.4, -0.2) is 13.1 Å². The van der Waals surface area contributed by atoms with Gasteiger partial charge in [-0.25, -0.2) is 0 Å². The van der Waals surface area contributed by atoms with Gasteiger partial charge in [-0.1, -0.05) is 6.92 Å². The lowest BCUT2D eigenvalue weighted by Crippen LogP contribution is -2.13. The number of nitrogens with one attached hydrogen (secondary N) is 1. The number of hydrogen-bond donors (Lipinski definition) is 1.